The summed E-state index contributed by atoms with van der Waals surface area (Å²) in [6, 6.07) is 8.94. The fourth-order valence-electron chi connectivity index (χ4n) is 2.96. The molecule has 1 aromatic carbocycles. The second-order valence-electron chi connectivity index (χ2n) is 5.45. The van der Waals surface area contributed by atoms with Crippen LogP contribution in [-0.2, 0) is 6.54 Å². The van der Waals surface area contributed by atoms with Crippen molar-refractivity contribution in [3.8, 4) is 0 Å². The van der Waals surface area contributed by atoms with Gasteiger partial charge in [-0.1, -0.05) is 18.6 Å². The third-order valence-electron chi connectivity index (χ3n) is 3.93. The molecule has 0 unspecified atom stereocenters. The molecule has 1 atom stereocenters. The minimum Gasteiger partial charge on any atom is -0.368 e. The lowest BCUT2D eigenvalue weighted by Crippen LogP contribution is -2.33. The van der Waals surface area contributed by atoms with E-state index in [1.807, 2.05) is 12.1 Å². The smallest absolute Gasteiger partial charge is 0.220 e. The standard InChI is InChI=1S/C16H19FN4/c17-13-5-3-4-12(10-13)11-21-9-2-1-6-15(21)14-7-8-19-16(18)20-14/h3-5,7-8,10,15H,1-2,6,9,11H2,(H2,18,19,20)/t15-/m1/s1. The van der Waals surface area contributed by atoms with Crippen molar-refractivity contribution < 1.29 is 4.39 Å². The van der Waals surface area contributed by atoms with Gasteiger partial charge in [0, 0.05) is 12.7 Å². The van der Waals surface area contributed by atoms with Crippen LogP contribution in [0, 0.1) is 5.82 Å². The van der Waals surface area contributed by atoms with Crippen molar-refractivity contribution in [2.45, 2.75) is 31.8 Å². The fraction of sp³-hybridized carbons (Fsp3) is 0.375. The van der Waals surface area contributed by atoms with Crippen LogP contribution in [0.5, 0.6) is 0 Å². The molecular weight excluding hydrogens is 267 g/mol. The average Bonchev–Trinajstić information content (AvgIpc) is 2.48. The largest absolute Gasteiger partial charge is 0.368 e. The van der Waals surface area contributed by atoms with Crippen molar-refractivity contribution in [3.63, 3.8) is 0 Å². The summed E-state index contributed by atoms with van der Waals surface area (Å²) in [5, 5.41) is 0. The Labute approximate surface area is 123 Å². The molecule has 1 aromatic heterocycles. The van der Waals surface area contributed by atoms with Gasteiger partial charge in [-0.25, -0.2) is 14.4 Å². The van der Waals surface area contributed by atoms with Gasteiger partial charge in [-0.05, 0) is 43.1 Å². The molecule has 2 aromatic rings. The summed E-state index contributed by atoms with van der Waals surface area (Å²) >= 11 is 0. The Kier molecular flexibility index (Phi) is 4.10. The normalized spacial score (nSPS) is 19.6. The molecule has 5 heteroatoms. The lowest BCUT2D eigenvalue weighted by atomic mass is 9.98. The van der Waals surface area contributed by atoms with Crippen molar-refractivity contribution in [2.75, 3.05) is 12.3 Å². The van der Waals surface area contributed by atoms with Crippen LogP contribution in [0.2, 0.25) is 0 Å². The number of benzene rings is 1. The summed E-state index contributed by atoms with van der Waals surface area (Å²) < 4.78 is 13.3. The van der Waals surface area contributed by atoms with Crippen LogP contribution in [-0.4, -0.2) is 21.4 Å². The van der Waals surface area contributed by atoms with Crippen molar-refractivity contribution in [2.24, 2.45) is 0 Å². The van der Waals surface area contributed by atoms with Gasteiger partial charge in [-0.15, -0.1) is 0 Å². The molecule has 1 saturated heterocycles. The van der Waals surface area contributed by atoms with Crippen LogP contribution in [0.4, 0.5) is 10.3 Å². The van der Waals surface area contributed by atoms with Gasteiger partial charge in [-0.2, -0.15) is 0 Å². The maximum atomic E-state index is 13.3. The van der Waals surface area contributed by atoms with Gasteiger partial charge in [0.15, 0.2) is 0 Å². The molecule has 1 aliphatic heterocycles. The SMILES string of the molecule is Nc1nccc([C@H]2CCCCN2Cc2cccc(F)c2)n1. The summed E-state index contributed by atoms with van der Waals surface area (Å²) in [6.45, 7) is 1.72. The summed E-state index contributed by atoms with van der Waals surface area (Å²) in [6.07, 6.45) is 5.08. The number of piperidine rings is 1. The molecular formula is C16H19FN4. The van der Waals surface area contributed by atoms with Crippen LogP contribution in [0.3, 0.4) is 0 Å². The van der Waals surface area contributed by atoms with Gasteiger partial charge in [-0.3, -0.25) is 4.90 Å². The molecule has 1 fully saturated rings. The van der Waals surface area contributed by atoms with E-state index in [2.05, 4.69) is 14.9 Å². The number of nitrogens with zero attached hydrogens (tertiary/aromatic N) is 3. The third kappa shape index (κ3) is 3.36. The highest BCUT2D eigenvalue weighted by Crippen LogP contribution is 2.31. The van der Waals surface area contributed by atoms with Gasteiger partial charge >= 0.3 is 0 Å². The lowest BCUT2D eigenvalue weighted by molar-refractivity contribution is 0.137. The number of hydrogen-bond donors (Lipinski definition) is 1. The molecule has 110 valence electrons. The number of nitrogens with two attached hydrogens (primary N) is 1. The summed E-state index contributed by atoms with van der Waals surface area (Å²) in [5.41, 5.74) is 7.64. The van der Waals surface area contributed by atoms with E-state index in [-0.39, 0.29) is 11.9 Å². The first-order chi connectivity index (χ1) is 10.2. The number of aromatic nitrogens is 2. The fourth-order valence-corrected chi connectivity index (χ4v) is 2.96. The van der Waals surface area contributed by atoms with E-state index < -0.39 is 0 Å². The summed E-state index contributed by atoms with van der Waals surface area (Å²) in [4.78, 5) is 10.7. The van der Waals surface area contributed by atoms with Gasteiger partial charge < -0.3 is 5.73 Å². The molecule has 0 bridgehead atoms. The van der Waals surface area contributed by atoms with E-state index in [4.69, 9.17) is 5.73 Å². The van der Waals surface area contributed by atoms with E-state index in [0.29, 0.717) is 5.95 Å². The predicted octanol–water partition coefficient (Wildman–Crippen LogP) is 2.93. The van der Waals surface area contributed by atoms with E-state index in [9.17, 15) is 4.39 Å². The van der Waals surface area contributed by atoms with Crippen LogP contribution in [0.1, 0.15) is 36.6 Å². The number of halogens is 1. The lowest BCUT2D eigenvalue weighted by Gasteiger charge is -2.35. The van der Waals surface area contributed by atoms with E-state index >= 15 is 0 Å². The van der Waals surface area contributed by atoms with E-state index in [1.54, 1.807) is 18.3 Å². The Balaban J connectivity index is 1.81. The monoisotopic (exact) mass is 286 g/mol. The summed E-state index contributed by atoms with van der Waals surface area (Å²) in [5.74, 6) is 0.121. The first kappa shape index (κ1) is 13.9. The summed E-state index contributed by atoms with van der Waals surface area (Å²) in [7, 11) is 0. The molecule has 0 amide bonds. The second-order valence-corrected chi connectivity index (χ2v) is 5.45. The first-order valence-corrected chi connectivity index (χ1v) is 7.29. The molecule has 0 radical (unpaired) electrons. The molecule has 21 heavy (non-hydrogen) atoms. The van der Waals surface area contributed by atoms with E-state index in [1.165, 1.54) is 12.5 Å². The zero-order valence-electron chi connectivity index (χ0n) is 11.9. The molecule has 4 nitrogen and oxygen atoms in total. The van der Waals surface area contributed by atoms with Gasteiger partial charge in [0.05, 0.1) is 11.7 Å². The van der Waals surface area contributed by atoms with Crippen LogP contribution < -0.4 is 5.73 Å². The van der Waals surface area contributed by atoms with Crippen LogP contribution in [0.25, 0.3) is 0 Å². The Morgan fingerprint density at radius 1 is 1.29 bits per heavy atom. The molecule has 3 rings (SSSR count). The first-order valence-electron chi connectivity index (χ1n) is 7.29. The van der Waals surface area contributed by atoms with Crippen LogP contribution in [0.15, 0.2) is 36.5 Å². The Hall–Kier alpha value is -2.01. The maximum Gasteiger partial charge on any atom is 0.220 e. The minimum absolute atomic E-state index is 0.188. The highest BCUT2D eigenvalue weighted by Gasteiger charge is 2.25. The van der Waals surface area contributed by atoms with Crippen molar-refractivity contribution in [1.82, 2.24) is 14.9 Å². The second kappa shape index (κ2) is 6.18. The predicted molar refractivity (Wildman–Crippen MR) is 79.8 cm³/mol. The highest BCUT2D eigenvalue weighted by atomic mass is 19.1. The Morgan fingerprint density at radius 3 is 3.00 bits per heavy atom. The zero-order chi connectivity index (χ0) is 14.7. The Morgan fingerprint density at radius 2 is 2.19 bits per heavy atom. The number of anilines is 1. The average molecular weight is 286 g/mol. The Bertz CT molecular complexity index is 617. The molecule has 2 N–H and O–H groups in total. The van der Waals surface area contributed by atoms with E-state index in [0.717, 1.165) is 37.2 Å². The number of rotatable bonds is 3. The van der Waals surface area contributed by atoms with Crippen molar-refractivity contribution in [3.05, 3.63) is 53.6 Å². The minimum atomic E-state index is -0.188. The quantitative estimate of drug-likeness (QED) is 0.942. The topological polar surface area (TPSA) is 55.0 Å². The number of likely N-dealkylation sites (tertiary alicyclic amines) is 1. The highest BCUT2D eigenvalue weighted by molar-refractivity contribution is 5.21. The van der Waals surface area contributed by atoms with Gasteiger partial charge in [0.25, 0.3) is 0 Å². The number of nitrogen functional groups attached to an aromatic ring is 1. The molecule has 2 heterocycles. The van der Waals surface area contributed by atoms with Gasteiger partial charge in [0.1, 0.15) is 5.82 Å². The maximum absolute atomic E-state index is 13.3. The molecule has 0 spiro atoms. The van der Waals surface area contributed by atoms with Crippen molar-refractivity contribution in [1.29, 1.82) is 0 Å². The molecule has 0 saturated carbocycles. The molecule has 1 aliphatic rings. The third-order valence-corrected chi connectivity index (χ3v) is 3.93. The van der Waals surface area contributed by atoms with Gasteiger partial charge in [0.2, 0.25) is 5.95 Å². The number of hydrogen-bond acceptors (Lipinski definition) is 4. The van der Waals surface area contributed by atoms with Crippen LogP contribution >= 0.6 is 0 Å². The zero-order valence-corrected chi connectivity index (χ0v) is 11.9. The van der Waals surface area contributed by atoms with Crippen molar-refractivity contribution >= 4 is 5.95 Å². The molecule has 0 aliphatic carbocycles.